The fourth-order valence-corrected chi connectivity index (χ4v) is 2.63. The highest BCUT2D eigenvalue weighted by molar-refractivity contribution is 5.67. The average molecular weight is 284 g/mol. The van der Waals surface area contributed by atoms with Gasteiger partial charge < -0.3 is 15.4 Å². The molecule has 1 fully saturated rings. The van der Waals surface area contributed by atoms with Crippen LogP contribution in [-0.2, 0) is 4.74 Å². The summed E-state index contributed by atoms with van der Waals surface area (Å²) >= 11 is 0. The molecule has 3 unspecified atom stereocenters. The van der Waals surface area contributed by atoms with E-state index < -0.39 is 5.60 Å². The molecule has 1 aliphatic rings. The van der Waals surface area contributed by atoms with Crippen LogP contribution in [0.25, 0.3) is 0 Å². The highest BCUT2D eigenvalue weighted by atomic mass is 16.6. The molecule has 118 valence electrons. The summed E-state index contributed by atoms with van der Waals surface area (Å²) in [4.78, 5) is 11.4. The van der Waals surface area contributed by atoms with Crippen molar-refractivity contribution in [2.75, 3.05) is 13.1 Å². The van der Waals surface area contributed by atoms with Gasteiger partial charge in [-0.1, -0.05) is 13.8 Å². The van der Waals surface area contributed by atoms with Crippen LogP contribution in [0.2, 0.25) is 0 Å². The molecule has 0 aromatic carbocycles. The maximum absolute atomic E-state index is 11.4. The van der Waals surface area contributed by atoms with Crippen molar-refractivity contribution in [1.82, 2.24) is 10.6 Å². The van der Waals surface area contributed by atoms with Gasteiger partial charge in [-0.2, -0.15) is 0 Å². The highest BCUT2D eigenvalue weighted by Gasteiger charge is 2.23. The third kappa shape index (κ3) is 7.13. The lowest BCUT2D eigenvalue weighted by molar-refractivity contribution is 0.0527. The maximum atomic E-state index is 11.4. The Morgan fingerprint density at radius 2 is 1.85 bits per heavy atom. The molecule has 1 saturated carbocycles. The van der Waals surface area contributed by atoms with Crippen LogP contribution in [0, 0.1) is 11.8 Å². The molecule has 2 N–H and O–H groups in total. The van der Waals surface area contributed by atoms with Crippen LogP contribution in [-0.4, -0.2) is 30.8 Å². The Morgan fingerprint density at radius 1 is 1.15 bits per heavy atom. The zero-order valence-corrected chi connectivity index (χ0v) is 13.8. The first-order valence-corrected chi connectivity index (χ1v) is 7.98. The van der Waals surface area contributed by atoms with Crippen molar-refractivity contribution in [2.24, 2.45) is 11.8 Å². The Balaban J connectivity index is 2.04. The van der Waals surface area contributed by atoms with Crippen molar-refractivity contribution in [1.29, 1.82) is 0 Å². The standard InChI is InChI=1S/C16H32N2O2/c1-12-7-8-14(11-13(12)2)17-9-6-10-18-15(19)20-16(3,4)5/h12-14,17H,6-11H2,1-5H3,(H,18,19). The van der Waals surface area contributed by atoms with Gasteiger partial charge in [-0.3, -0.25) is 0 Å². The summed E-state index contributed by atoms with van der Waals surface area (Å²) in [6, 6.07) is 0.655. The van der Waals surface area contributed by atoms with E-state index in [1.54, 1.807) is 0 Å². The van der Waals surface area contributed by atoms with Crippen LogP contribution in [0.15, 0.2) is 0 Å². The largest absolute Gasteiger partial charge is 0.444 e. The number of carbonyl (C=O) groups excluding carboxylic acids is 1. The van der Waals surface area contributed by atoms with E-state index in [1.807, 2.05) is 20.8 Å². The van der Waals surface area contributed by atoms with Gasteiger partial charge in [-0.05, 0) is 64.8 Å². The summed E-state index contributed by atoms with van der Waals surface area (Å²) in [7, 11) is 0. The Bertz CT molecular complexity index is 299. The maximum Gasteiger partial charge on any atom is 0.407 e. The Hall–Kier alpha value is -0.770. The lowest BCUT2D eigenvalue weighted by Crippen LogP contribution is -2.38. The molecule has 0 aliphatic heterocycles. The van der Waals surface area contributed by atoms with E-state index in [-0.39, 0.29) is 6.09 Å². The van der Waals surface area contributed by atoms with E-state index in [9.17, 15) is 4.79 Å². The number of alkyl carbamates (subject to hydrolysis) is 1. The fraction of sp³-hybridized carbons (Fsp3) is 0.938. The third-order valence-corrected chi connectivity index (χ3v) is 4.05. The molecule has 1 amide bonds. The van der Waals surface area contributed by atoms with E-state index in [2.05, 4.69) is 24.5 Å². The van der Waals surface area contributed by atoms with Crippen LogP contribution in [0.4, 0.5) is 4.79 Å². The first-order valence-electron chi connectivity index (χ1n) is 7.98. The molecule has 0 aromatic rings. The smallest absolute Gasteiger partial charge is 0.407 e. The van der Waals surface area contributed by atoms with Crippen LogP contribution in [0.3, 0.4) is 0 Å². The minimum absolute atomic E-state index is 0.322. The molecule has 1 rings (SSSR count). The summed E-state index contributed by atoms with van der Waals surface area (Å²) in [6.45, 7) is 12.0. The Kier molecular flexibility index (Phi) is 6.80. The van der Waals surface area contributed by atoms with Gasteiger partial charge in [0.2, 0.25) is 0 Å². The molecule has 0 aromatic heterocycles. The number of hydrogen-bond acceptors (Lipinski definition) is 3. The van der Waals surface area contributed by atoms with E-state index in [0.717, 1.165) is 24.8 Å². The average Bonchev–Trinajstić information content (AvgIpc) is 2.31. The van der Waals surface area contributed by atoms with Crippen LogP contribution in [0.1, 0.15) is 60.3 Å². The number of amides is 1. The van der Waals surface area contributed by atoms with Crippen molar-refractivity contribution in [3.05, 3.63) is 0 Å². The van der Waals surface area contributed by atoms with Gasteiger partial charge in [0.05, 0.1) is 0 Å². The molecule has 3 atom stereocenters. The number of ether oxygens (including phenoxy) is 1. The van der Waals surface area contributed by atoms with Crippen LogP contribution in [0.5, 0.6) is 0 Å². The summed E-state index contributed by atoms with van der Waals surface area (Å²) in [5, 5.41) is 6.39. The van der Waals surface area contributed by atoms with Gasteiger partial charge in [0.1, 0.15) is 5.60 Å². The van der Waals surface area contributed by atoms with Gasteiger partial charge in [-0.15, -0.1) is 0 Å². The lowest BCUT2D eigenvalue weighted by atomic mass is 9.79. The lowest BCUT2D eigenvalue weighted by Gasteiger charge is -2.32. The van der Waals surface area contributed by atoms with E-state index in [4.69, 9.17) is 4.74 Å². The van der Waals surface area contributed by atoms with Crippen molar-refractivity contribution in [2.45, 2.75) is 71.9 Å². The fourth-order valence-electron chi connectivity index (χ4n) is 2.63. The van der Waals surface area contributed by atoms with Crippen molar-refractivity contribution in [3.8, 4) is 0 Å². The summed E-state index contributed by atoms with van der Waals surface area (Å²) in [6.07, 6.45) is 4.51. The first-order chi connectivity index (χ1) is 9.28. The van der Waals surface area contributed by atoms with E-state index >= 15 is 0 Å². The molecule has 4 nitrogen and oxygen atoms in total. The Morgan fingerprint density at radius 3 is 2.45 bits per heavy atom. The molecule has 20 heavy (non-hydrogen) atoms. The van der Waals surface area contributed by atoms with Crippen LogP contribution < -0.4 is 10.6 Å². The predicted molar refractivity (Wildman–Crippen MR) is 82.8 cm³/mol. The minimum Gasteiger partial charge on any atom is -0.444 e. The molecule has 0 spiro atoms. The number of rotatable bonds is 5. The van der Waals surface area contributed by atoms with Gasteiger partial charge in [0, 0.05) is 12.6 Å². The predicted octanol–water partition coefficient (Wildman–Crippen LogP) is 3.32. The molecular weight excluding hydrogens is 252 g/mol. The molecule has 0 heterocycles. The number of nitrogens with one attached hydrogen (secondary N) is 2. The first kappa shape index (κ1) is 17.3. The second kappa shape index (κ2) is 7.87. The molecule has 0 bridgehead atoms. The van der Waals surface area contributed by atoms with Gasteiger partial charge in [0.25, 0.3) is 0 Å². The third-order valence-electron chi connectivity index (χ3n) is 4.05. The number of hydrogen-bond donors (Lipinski definition) is 2. The van der Waals surface area contributed by atoms with Gasteiger partial charge in [-0.25, -0.2) is 4.79 Å². The molecule has 1 aliphatic carbocycles. The van der Waals surface area contributed by atoms with Gasteiger partial charge >= 0.3 is 6.09 Å². The topological polar surface area (TPSA) is 50.4 Å². The van der Waals surface area contributed by atoms with E-state index in [0.29, 0.717) is 12.6 Å². The highest BCUT2D eigenvalue weighted by Crippen LogP contribution is 2.29. The monoisotopic (exact) mass is 284 g/mol. The number of carbonyl (C=O) groups is 1. The molecule has 0 saturated heterocycles. The minimum atomic E-state index is -0.419. The van der Waals surface area contributed by atoms with Crippen LogP contribution >= 0.6 is 0 Å². The van der Waals surface area contributed by atoms with Crippen molar-refractivity contribution in [3.63, 3.8) is 0 Å². The second-order valence-corrected chi connectivity index (χ2v) is 7.20. The normalized spacial score (nSPS) is 27.1. The van der Waals surface area contributed by atoms with E-state index in [1.165, 1.54) is 19.3 Å². The van der Waals surface area contributed by atoms with Gasteiger partial charge in [0.15, 0.2) is 0 Å². The zero-order chi connectivity index (χ0) is 15.2. The molecule has 0 radical (unpaired) electrons. The SMILES string of the molecule is CC1CCC(NCCCNC(=O)OC(C)(C)C)CC1C. The Labute approximate surface area is 124 Å². The summed E-state index contributed by atoms with van der Waals surface area (Å²) < 4.78 is 5.19. The van der Waals surface area contributed by atoms with Crippen molar-refractivity contribution < 1.29 is 9.53 Å². The second-order valence-electron chi connectivity index (χ2n) is 7.20. The summed E-state index contributed by atoms with van der Waals surface area (Å²) in [5.74, 6) is 1.68. The zero-order valence-electron chi connectivity index (χ0n) is 13.8. The quantitative estimate of drug-likeness (QED) is 0.761. The molecular formula is C16H32N2O2. The summed E-state index contributed by atoms with van der Waals surface area (Å²) in [5.41, 5.74) is -0.419. The molecule has 4 heteroatoms. The van der Waals surface area contributed by atoms with Crippen molar-refractivity contribution >= 4 is 6.09 Å².